The van der Waals surface area contributed by atoms with Gasteiger partial charge in [-0.2, -0.15) is 10.2 Å². The van der Waals surface area contributed by atoms with Crippen LogP contribution in [0.3, 0.4) is 0 Å². The maximum Gasteiger partial charge on any atom is 0.329 e. The third-order valence-electron chi connectivity index (χ3n) is 13.9. The number of piperidine rings is 2. The Bertz CT molecular complexity index is 2730. The number of hydrogen-bond donors (Lipinski definition) is 3. The molecule has 3 aromatic heterocycles. The monoisotopic (exact) mass is 908 g/mol. The Hall–Kier alpha value is -6.53. The van der Waals surface area contributed by atoms with Crippen LogP contribution < -0.4 is 26.5 Å². The van der Waals surface area contributed by atoms with E-state index in [9.17, 15) is 32.8 Å². The van der Waals surface area contributed by atoms with Gasteiger partial charge >= 0.3 is 11.7 Å². The third kappa shape index (κ3) is 8.54. The number of aryl methyl sites for hydroxylation is 3. The third-order valence-corrected chi connectivity index (χ3v) is 13.9. The van der Waals surface area contributed by atoms with Gasteiger partial charge in [0.15, 0.2) is 5.82 Å². The molecule has 3 N–H and O–H groups in total. The van der Waals surface area contributed by atoms with E-state index in [1.807, 2.05) is 29.2 Å². The molecule has 0 aliphatic carbocycles. The van der Waals surface area contributed by atoms with E-state index < -0.39 is 18.4 Å². The summed E-state index contributed by atoms with van der Waals surface area (Å²) in [5.41, 5.74) is 6.60. The molecular formula is C47H58F2N12O5. The van der Waals surface area contributed by atoms with Crippen molar-refractivity contribution in [3.8, 4) is 11.1 Å². The van der Waals surface area contributed by atoms with Crippen molar-refractivity contribution in [2.75, 3.05) is 50.0 Å². The summed E-state index contributed by atoms with van der Waals surface area (Å²) in [4.78, 5) is 69.8. The number of alkyl halides is 2. The number of benzene rings is 2. The molecule has 2 aromatic carbocycles. The molecule has 350 valence electrons. The molecule has 0 bridgehead atoms. The number of rotatable bonds is 13. The maximum atomic E-state index is 14.7. The van der Waals surface area contributed by atoms with Crippen LogP contribution in [0.2, 0.25) is 0 Å². The minimum Gasteiger partial charge on any atom is -0.383 e. The number of fused-ring (bicyclic) bond motifs is 3. The van der Waals surface area contributed by atoms with Crippen LogP contribution in [0.15, 0.2) is 47.5 Å². The Morgan fingerprint density at radius 3 is 2.48 bits per heavy atom. The molecule has 4 aliphatic heterocycles. The summed E-state index contributed by atoms with van der Waals surface area (Å²) < 4.78 is 36.2. The van der Waals surface area contributed by atoms with E-state index in [1.54, 1.807) is 53.8 Å². The van der Waals surface area contributed by atoms with Crippen molar-refractivity contribution in [1.29, 1.82) is 0 Å². The topological polar surface area (TPSA) is 177 Å². The van der Waals surface area contributed by atoms with Crippen molar-refractivity contribution < 1.29 is 28.0 Å². The van der Waals surface area contributed by atoms with Crippen LogP contribution >= 0.6 is 0 Å². The van der Waals surface area contributed by atoms with E-state index >= 15 is 0 Å². The molecule has 7 heterocycles. The first-order valence-electron chi connectivity index (χ1n) is 23.3. The molecule has 1 atom stereocenters. The van der Waals surface area contributed by atoms with Crippen molar-refractivity contribution in [3.05, 3.63) is 75.6 Å². The van der Waals surface area contributed by atoms with Gasteiger partial charge in [-0.25, -0.2) is 18.4 Å². The number of nitrogens with zero attached hydrogens (tertiary/aromatic N) is 9. The predicted octanol–water partition coefficient (Wildman–Crippen LogP) is 5.86. The van der Waals surface area contributed by atoms with Crippen LogP contribution in [-0.4, -0.2) is 102 Å². The summed E-state index contributed by atoms with van der Waals surface area (Å²) in [5.74, 6) is 0.0599. The molecule has 2 fully saturated rings. The zero-order valence-corrected chi connectivity index (χ0v) is 37.8. The summed E-state index contributed by atoms with van der Waals surface area (Å²) in [6.07, 6.45) is 8.74. The highest BCUT2D eigenvalue weighted by molar-refractivity contribution is 6.00. The molecule has 5 amide bonds. The molecule has 2 saturated heterocycles. The van der Waals surface area contributed by atoms with Crippen LogP contribution in [0.1, 0.15) is 105 Å². The van der Waals surface area contributed by atoms with Gasteiger partial charge in [0.1, 0.15) is 6.04 Å². The van der Waals surface area contributed by atoms with E-state index in [2.05, 4.69) is 30.6 Å². The van der Waals surface area contributed by atoms with Crippen molar-refractivity contribution in [2.45, 2.75) is 102 Å². The predicted molar refractivity (Wildman–Crippen MR) is 245 cm³/mol. The normalized spacial score (nSPS) is 17.9. The lowest BCUT2D eigenvalue weighted by Crippen LogP contribution is -2.44. The SMILES string of the molecule is CNC(=O)N1CCc2c(c(N3CCCc4cc(-c5cnn(C)c5)c(C(F)F)cc43)nn2C2CCN(C(=O)CCCCCCNc3cccc4c3n(C)c(=O)n4C3CCC(=O)NC3=O)CC2)C1. The van der Waals surface area contributed by atoms with Gasteiger partial charge in [-0.3, -0.25) is 38.2 Å². The van der Waals surface area contributed by atoms with Crippen LogP contribution in [0.5, 0.6) is 0 Å². The fourth-order valence-corrected chi connectivity index (χ4v) is 10.4. The smallest absolute Gasteiger partial charge is 0.329 e. The summed E-state index contributed by atoms with van der Waals surface area (Å²) in [7, 11) is 5.07. The Kier molecular flexibility index (Phi) is 12.7. The number of imide groups is 1. The van der Waals surface area contributed by atoms with E-state index in [-0.39, 0.29) is 48.0 Å². The zero-order valence-electron chi connectivity index (χ0n) is 37.8. The van der Waals surface area contributed by atoms with Crippen molar-refractivity contribution in [2.24, 2.45) is 14.1 Å². The Balaban J connectivity index is 0.811. The average molecular weight is 909 g/mol. The second-order valence-electron chi connectivity index (χ2n) is 18.0. The van der Waals surface area contributed by atoms with E-state index in [0.29, 0.717) is 80.1 Å². The van der Waals surface area contributed by atoms with Gasteiger partial charge in [0.05, 0.1) is 35.5 Å². The fourth-order valence-electron chi connectivity index (χ4n) is 10.4. The number of likely N-dealkylation sites (tertiary alicyclic amines) is 1. The van der Waals surface area contributed by atoms with Gasteiger partial charge in [-0.1, -0.05) is 18.9 Å². The lowest BCUT2D eigenvalue weighted by Gasteiger charge is -2.34. The molecule has 4 aliphatic rings. The second kappa shape index (κ2) is 18.8. The van der Waals surface area contributed by atoms with E-state index in [4.69, 9.17) is 5.10 Å². The first-order valence-corrected chi connectivity index (χ1v) is 23.3. The van der Waals surface area contributed by atoms with E-state index in [1.165, 1.54) is 4.57 Å². The molecule has 0 saturated carbocycles. The standard InChI is InChI=1S/C47H58F2N12O5/c1-50-46(65)58-23-18-36-34(28-58)44(59-20-9-10-29-24-32(30-26-52-55(2)27-30)33(43(48)49)25-39(29)59)54-61(36)31-16-21-57(22-17-31)41(63)13-6-4-5-7-19-51-35-11-8-12-37-42(35)56(3)47(66)60(37)38-14-15-40(62)53-45(38)64/h8,11-12,24-27,31,38,43,51H,4-7,9-10,13-23,28H2,1-3H3,(H,50,65)(H,53,62,64). The molecule has 66 heavy (non-hydrogen) atoms. The van der Waals surface area contributed by atoms with Gasteiger partial charge < -0.3 is 25.3 Å². The van der Waals surface area contributed by atoms with Crippen LogP contribution in [0.4, 0.5) is 30.8 Å². The number of hydrogen-bond acceptors (Lipinski definition) is 9. The Morgan fingerprint density at radius 1 is 0.939 bits per heavy atom. The molecule has 17 nitrogen and oxygen atoms in total. The van der Waals surface area contributed by atoms with Gasteiger partial charge in [-0.05, 0) is 80.3 Å². The number of para-hydroxylation sites is 1. The summed E-state index contributed by atoms with van der Waals surface area (Å²) in [5, 5.41) is 18.1. The average Bonchev–Trinajstić information content (AvgIpc) is 4.00. The fraction of sp³-hybridized carbons (Fsp3) is 0.511. The quantitative estimate of drug-likeness (QED) is 0.0966. The Morgan fingerprint density at radius 2 is 1.74 bits per heavy atom. The van der Waals surface area contributed by atoms with Crippen LogP contribution in [0, 0.1) is 0 Å². The van der Waals surface area contributed by atoms with Crippen molar-refractivity contribution >= 4 is 52.0 Å². The largest absolute Gasteiger partial charge is 0.383 e. The lowest BCUT2D eigenvalue weighted by molar-refractivity contribution is -0.136. The van der Waals surface area contributed by atoms with Gasteiger partial charge in [0, 0.05) is 107 Å². The maximum absolute atomic E-state index is 14.7. The van der Waals surface area contributed by atoms with Crippen molar-refractivity contribution in [3.63, 3.8) is 0 Å². The summed E-state index contributed by atoms with van der Waals surface area (Å²) in [6, 6.07) is 8.22. The number of halogens is 2. The first kappa shape index (κ1) is 44.7. The number of imidazole rings is 1. The number of carbonyl (C=O) groups is 4. The second-order valence-corrected chi connectivity index (χ2v) is 18.0. The number of carbonyl (C=O) groups excluding carboxylic acids is 4. The highest BCUT2D eigenvalue weighted by Gasteiger charge is 2.36. The minimum absolute atomic E-state index is 0.0497. The highest BCUT2D eigenvalue weighted by atomic mass is 19.3. The molecule has 1 unspecified atom stereocenters. The van der Waals surface area contributed by atoms with Crippen LogP contribution in [-0.2, 0) is 47.9 Å². The van der Waals surface area contributed by atoms with Gasteiger partial charge in [-0.15, -0.1) is 0 Å². The lowest BCUT2D eigenvalue weighted by atomic mass is 9.92. The van der Waals surface area contributed by atoms with E-state index in [0.717, 1.165) is 79.6 Å². The summed E-state index contributed by atoms with van der Waals surface area (Å²) in [6.45, 7) is 3.40. The number of amides is 5. The molecule has 9 rings (SSSR count). The minimum atomic E-state index is -2.69. The number of anilines is 3. The molecule has 0 spiro atoms. The summed E-state index contributed by atoms with van der Waals surface area (Å²) >= 11 is 0. The van der Waals surface area contributed by atoms with Crippen LogP contribution in [0.25, 0.3) is 22.2 Å². The number of nitrogens with one attached hydrogen (secondary N) is 3. The number of unbranched alkanes of at least 4 members (excludes halogenated alkanes) is 3. The molecule has 0 radical (unpaired) electrons. The zero-order chi connectivity index (χ0) is 46.2. The number of urea groups is 1. The number of aromatic nitrogens is 6. The highest BCUT2D eigenvalue weighted by Crippen LogP contribution is 2.44. The molecule has 19 heteroatoms. The van der Waals surface area contributed by atoms with Crippen molar-refractivity contribution in [1.82, 2.24) is 49.1 Å². The van der Waals surface area contributed by atoms with Gasteiger partial charge in [0.2, 0.25) is 17.7 Å². The molecule has 5 aromatic rings. The van der Waals surface area contributed by atoms with Gasteiger partial charge in [0.25, 0.3) is 6.43 Å². The first-order chi connectivity index (χ1) is 31.9. The Labute approximate surface area is 381 Å². The molecular weight excluding hydrogens is 851 g/mol.